The van der Waals surface area contributed by atoms with Crippen LogP contribution in [-0.4, -0.2) is 11.7 Å². The van der Waals surface area contributed by atoms with Crippen molar-refractivity contribution in [2.24, 2.45) is 0 Å². The van der Waals surface area contributed by atoms with E-state index in [1.807, 2.05) is 0 Å². The first-order chi connectivity index (χ1) is 9.56. The van der Waals surface area contributed by atoms with E-state index in [-0.39, 0.29) is 17.5 Å². The summed E-state index contributed by atoms with van der Waals surface area (Å²) < 4.78 is 13.4. The van der Waals surface area contributed by atoms with Crippen molar-refractivity contribution in [2.75, 3.05) is 16.8 Å². The van der Waals surface area contributed by atoms with Crippen LogP contribution >= 0.6 is 23.4 Å². The lowest BCUT2D eigenvalue weighted by Crippen LogP contribution is -2.15. The van der Waals surface area contributed by atoms with Gasteiger partial charge in [0.1, 0.15) is 5.82 Å². The molecule has 0 bridgehead atoms. The zero-order chi connectivity index (χ0) is 14.5. The number of thioether (sulfide) groups is 1. The van der Waals surface area contributed by atoms with Gasteiger partial charge in [-0.3, -0.25) is 4.79 Å². The average molecular weight is 311 g/mol. The van der Waals surface area contributed by atoms with Crippen molar-refractivity contribution in [3.8, 4) is 0 Å². The minimum absolute atomic E-state index is 0.100. The first kappa shape index (κ1) is 14.7. The molecule has 0 aliphatic rings. The van der Waals surface area contributed by atoms with Gasteiger partial charge in [-0.1, -0.05) is 23.7 Å². The van der Waals surface area contributed by atoms with E-state index in [0.717, 1.165) is 11.8 Å². The number of hydrogen-bond acceptors (Lipinski definition) is 3. The van der Waals surface area contributed by atoms with Gasteiger partial charge in [-0.25, -0.2) is 4.39 Å². The van der Waals surface area contributed by atoms with Crippen LogP contribution in [0.4, 0.5) is 15.8 Å². The van der Waals surface area contributed by atoms with E-state index in [1.165, 1.54) is 6.07 Å². The molecule has 0 saturated heterocycles. The molecule has 0 saturated carbocycles. The van der Waals surface area contributed by atoms with Crippen LogP contribution in [0.25, 0.3) is 0 Å². The van der Waals surface area contributed by atoms with E-state index in [1.54, 1.807) is 36.4 Å². The Labute approximate surface area is 125 Å². The van der Waals surface area contributed by atoms with E-state index in [4.69, 9.17) is 17.3 Å². The Morgan fingerprint density at radius 3 is 2.75 bits per heavy atom. The van der Waals surface area contributed by atoms with Gasteiger partial charge in [0, 0.05) is 9.92 Å². The number of anilines is 2. The van der Waals surface area contributed by atoms with Crippen molar-refractivity contribution < 1.29 is 9.18 Å². The van der Waals surface area contributed by atoms with Crippen molar-refractivity contribution in [3.05, 3.63) is 53.3 Å². The van der Waals surface area contributed by atoms with Gasteiger partial charge in [0.25, 0.3) is 0 Å². The number of nitrogens with one attached hydrogen (secondary N) is 1. The Balaban J connectivity index is 1.94. The number of halogens is 2. The molecule has 0 spiro atoms. The first-order valence-electron chi connectivity index (χ1n) is 5.78. The molecule has 0 unspecified atom stereocenters. The van der Waals surface area contributed by atoms with Crippen LogP contribution in [0.1, 0.15) is 0 Å². The number of carbonyl (C=O) groups excluding carboxylic acids is 1. The molecule has 0 atom stereocenters. The third-order valence-electron chi connectivity index (χ3n) is 2.48. The molecule has 6 heteroatoms. The SMILES string of the molecule is Nc1cc(Cl)ccc1NC(=O)CSc1ccccc1F. The number of nitrogen functional groups attached to an aromatic ring is 1. The van der Waals surface area contributed by atoms with Crippen molar-refractivity contribution in [3.63, 3.8) is 0 Å². The van der Waals surface area contributed by atoms with Gasteiger partial charge in [-0.2, -0.15) is 0 Å². The third-order valence-corrected chi connectivity index (χ3v) is 3.77. The number of rotatable bonds is 4. The smallest absolute Gasteiger partial charge is 0.234 e. The minimum Gasteiger partial charge on any atom is -0.397 e. The molecule has 0 heterocycles. The van der Waals surface area contributed by atoms with E-state index in [2.05, 4.69) is 5.32 Å². The van der Waals surface area contributed by atoms with Crippen LogP contribution in [0.5, 0.6) is 0 Å². The first-order valence-corrected chi connectivity index (χ1v) is 7.15. The molecule has 0 aromatic heterocycles. The Hall–Kier alpha value is -1.72. The van der Waals surface area contributed by atoms with Crippen molar-refractivity contribution >= 4 is 40.6 Å². The second-order valence-corrected chi connectivity index (χ2v) is 5.45. The molecule has 0 fully saturated rings. The lowest BCUT2D eigenvalue weighted by molar-refractivity contribution is -0.113. The predicted molar refractivity (Wildman–Crippen MR) is 81.6 cm³/mol. The number of amides is 1. The second-order valence-electron chi connectivity index (χ2n) is 4.00. The van der Waals surface area contributed by atoms with Crippen LogP contribution in [-0.2, 0) is 4.79 Å². The van der Waals surface area contributed by atoms with E-state index >= 15 is 0 Å². The molecule has 20 heavy (non-hydrogen) atoms. The Morgan fingerprint density at radius 2 is 2.05 bits per heavy atom. The molecular weight excluding hydrogens is 299 g/mol. The fourth-order valence-corrected chi connectivity index (χ4v) is 2.46. The molecule has 1 amide bonds. The number of nitrogens with two attached hydrogens (primary N) is 1. The zero-order valence-corrected chi connectivity index (χ0v) is 12.0. The summed E-state index contributed by atoms with van der Waals surface area (Å²) in [4.78, 5) is 12.2. The van der Waals surface area contributed by atoms with Crippen LogP contribution in [0, 0.1) is 5.82 Å². The highest BCUT2D eigenvalue weighted by molar-refractivity contribution is 8.00. The van der Waals surface area contributed by atoms with Crippen molar-refractivity contribution in [1.82, 2.24) is 0 Å². The van der Waals surface area contributed by atoms with E-state index in [0.29, 0.717) is 21.3 Å². The van der Waals surface area contributed by atoms with Crippen molar-refractivity contribution in [1.29, 1.82) is 0 Å². The summed E-state index contributed by atoms with van der Waals surface area (Å²) in [6.45, 7) is 0. The lowest BCUT2D eigenvalue weighted by Gasteiger charge is -2.08. The highest BCUT2D eigenvalue weighted by Gasteiger charge is 2.08. The van der Waals surface area contributed by atoms with Gasteiger partial charge in [-0.15, -0.1) is 11.8 Å². The molecule has 104 valence electrons. The molecule has 2 aromatic carbocycles. The molecular formula is C14H12ClFN2OS. The maximum Gasteiger partial charge on any atom is 0.234 e. The van der Waals surface area contributed by atoms with Crippen LogP contribution in [0.2, 0.25) is 5.02 Å². The standard InChI is InChI=1S/C14H12ClFN2OS/c15-9-5-6-12(11(17)7-9)18-14(19)8-20-13-4-2-1-3-10(13)16/h1-7H,8,17H2,(H,18,19). The molecule has 0 aliphatic heterocycles. The highest BCUT2D eigenvalue weighted by atomic mass is 35.5. The van der Waals surface area contributed by atoms with Crippen LogP contribution in [0.15, 0.2) is 47.4 Å². The molecule has 2 rings (SSSR count). The summed E-state index contributed by atoms with van der Waals surface area (Å²) in [6.07, 6.45) is 0. The molecule has 3 nitrogen and oxygen atoms in total. The van der Waals surface area contributed by atoms with Gasteiger partial charge >= 0.3 is 0 Å². The topological polar surface area (TPSA) is 55.1 Å². The highest BCUT2D eigenvalue weighted by Crippen LogP contribution is 2.24. The lowest BCUT2D eigenvalue weighted by atomic mass is 10.2. The van der Waals surface area contributed by atoms with Gasteiger partial charge in [0.05, 0.1) is 17.1 Å². The van der Waals surface area contributed by atoms with E-state index < -0.39 is 0 Å². The predicted octanol–water partition coefficient (Wildman–Crippen LogP) is 3.79. The van der Waals surface area contributed by atoms with Crippen LogP contribution < -0.4 is 11.1 Å². The second kappa shape index (κ2) is 6.63. The number of carbonyl (C=O) groups is 1. The minimum atomic E-state index is -0.337. The number of hydrogen-bond donors (Lipinski definition) is 2. The fourth-order valence-electron chi connectivity index (χ4n) is 1.54. The summed E-state index contributed by atoms with van der Waals surface area (Å²) in [5.41, 5.74) is 6.62. The monoisotopic (exact) mass is 310 g/mol. The van der Waals surface area contributed by atoms with Crippen molar-refractivity contribution in [2.45, 2.75) is 4.90 Å². The largest absolute Gasteiger partial charge is 0.397 e. The van der Waals surface area contributed by atoms with Gasteiger partial charge in [0.15, 0.2) is 0 Å². The quantitative estimate of drug-likeness (QED) is 0.667. The summed E-state index contributed by atoms with van der Waals surface area (Å²) in [7, 11) is 0. The summed E-state index contributed by atoms with van der Waals surface area (Å²) in [6, 6.07) is 11.1. The average Bonchev–Trinajstić information content (AvgIpc) is 2.41. The fraction of sp³-hybridized carbons (Fsp3) is 0.0714. The normalized spacial score (nSPS) is 10.3. The van der Waals surface area contributed by atoms with Gasteiger partial charge < -0.3 is 11.1 Å². The molecule has 0 aliphatic carbocycles. The van der Waals surface area contributed by atoms with Gasteiger partial charge in [0.2, 0.25) is 5.91 Å². The Kier molecular flexibility index (Phi) is 4.87. The molecule has 2 aromatic rings. The molecule has 0 radical (unpaired) electrons. The maximum atomic E-state index is 13.4. The Morgan fingerprint density at radius 1 is 1.30 bits per heavy atom. The van der Waals surface area contributed by atoms with Crippen LogP contribution in [0.3, 0.4) is 0 Å². The van der Waals surface area contributed by atoms with E-state index in [9.17, 15) is 9.18 Å². The van der Waals surface area contributed by atoms with Gasteiger partial charge in [-0.05, 0) is 30.3 Å². The Bertz CT molecular complexity index is 636. The summed E-state index contributed by atoms with van der Waals surface area (Å²) in [5, 5.41) is 3.16. The zero-order valence-electron chi connectivity index (χ0n) is 10.4. The summed E-state index contributed by atoms with van der Waals surface area (Å²) >= 11 is 6.90. The summed E-state index contributed by atoms with van der Waals surface area (Å²) in [5.74, 6) is -0.494. The maximum absolute atomic E-state index is 13.4. The molecule has 3 N–H and O–H groups in total. The third kappa shape index (κ3) is 3.88. The number of benzene rings is 2.